The Morgan fingerprint density at radius 2 is 1.75 bits per heavy atom. The van der Waals surface area contributed by atoms with Gasteiger partial charge in [-0.2, -0.15) is 0 Å². The van der Waals surface area contributed by atoms with E-state index in [1.54, 1.807) is 17.4 Å². The first-order valence-corrected chi connectivity index (χ1v) is 12.7. The molecule has 0 aliphatic heterocycles. The maximum absolute atomic E-state index is 6.63. The van der Waals surface area contributed by atoms with E-state index < -0.39 is 0 Å². The van der Waals surface area contributed by atoms with Crippen molar-refractivity contribution in [1.82, 2.24) is 19.7 Å². The van der Waals surface area contributed by atoms with Crippen LogP contribution in [0.1, 0.15) is 44.8 Å². The normalized spacial score (nSPS) is 11.8. The maximum atomic E-state index is 6.63. The molecule has 0 fully saturated rings. The monoisotopic (exact) mass is 548 g/mol. The quantitative estimate of drug-likeness (QED) is 0.251. The molecule has 4 rings (SSSR count). The van der Waals surface area contributed by atoms with E-state index in [4.69, 9.17) is 28.2 Å². The van der Waals surface area contributed by atoms with Gasteiger partial charge in [-0.05, 0) is 48.9 Å². The molecule has 0 unspecified atom stereocenters. The average Bonchev–Trinajstić information content (AvgIpc) is 3.34. The standard InChI is InChI=1S/C24H23BrCl2N4S/c1-5-6-19-20(22-29-30-23(32-22)24(2,3)4)28-21(17-12-9-15(26)13-18(17)27)31(19)16-10-7-14(25)8-11-16/h7-13H,5-6H2,1-4H3. The van der Waals surface area contributed by atoms with E-state index in [0.29, 0.717) is 10.0 Å². The third-order valence-electron chi connectivity index (χ3n) is 4.99. The van der Waals surface area contributed by atoms with Crippen molar-refractivity contribution in [3.63, 3.8) is 0 Å². The largest absolute Gasteiger partial charge is 0.296 e. The summed E-state index contributed by atoms with van der Waals surface area (Å²) in [4.78, 5) is 5.09. The summed E-state index contributed by atoms with van der Waals surface area (Å²) in [5, 5.41) is 11.9. The van der Waals surface area contributed by atoms with E-state index in [9.17, 15) is 0 Å². The summed E-state index contributed by atoms with van der Waals surface area (Å²) in [7, 11) is 0. The summed E-state index contributed by atoms with van der Waals surface area (Å²) in [6.07, 6.45) is 1.81. The van der Waals surface area contributed by atoms with Crippen molar-refractivity contribution in [2.75, 3.05) is 0 Å². The van der Waals surface area contributed by atoms with E-state index in [1.807, 2.05) is 24.3 Å². The van der Waals surface area contributed by atoms with Gasteiger partial charge in [0.1, 0.15) is 16.5 Å². The lowest BCUT2D eigenvalue weighted by molar-refractivity contribution is 0.578. The number of nitrogens with zero attached hydrogens (tertiary/aromatic N) is 4. The molecule has 0 N–H and O–H groups in total. The Hall–Kier alpha value is -1.73. The van der Waals surface area contributed by atoms with Crippen LogP contribution in [0.25, 0.3) is 27.8 Å². The molecule has 0 atom stereocenters. The van der Waals surface area contributed by atoms with Crippen molar-refractivity contribution in [3.05, 3.63) is 67.7 Å². The van der Waals surface area contributed by atoms with Gasteiger partial charge in [-0.25, -0.2) is 4.98 Å². The minimum atomic E-state index is -0.0720. The first-order valence-electron chi connectivity index (χ1n) is 10.4. The van der Waals surface area contributed by atoms with Crippen LogP contribution in [0, 0.1) is 0 Å². The third kappa shape index (κ3) is 4.65. The average molecular weight is 550 g/mol. The van der Waals surface area contributed by atoms with Crippen LogP contribution in [-0.2, 0) is 11.8 Å². The number of benzene rings is 2. The molecule has 0 radical (unpaired) electrons. The molecule has 2 heterocycles. The lowest BCUT2D eigenvalue weighted by Crippen LogP contribution is -2.10. The number of halogens is 3. The van der Waals surface area contributed by atoms with Crippen LogP contribution in [-0.4, -0.2) is 19.7 Å². The molecule has 2 aromatic carbocycles. The van der Waals surface area contributed by atoms with Crippen molar-refractivity contribution in [2.45, 2.75) is 46.0 Å². The van der Waals surface area contributed by atoms with Crippen LogP contribution in [0.4, 0.5) is 0 Å². The highest BCUT2D eigenvalue weighted by Gasteiger charge is 2.26. The summed E-state index contributed by atoms with van der Waals surface area (Å²) in [5.74, 6) is 0.764. The fraction of sp³-hybridized carbons (Fsp3) is 0.292. The number of hydrogen-bond donors (Lipinski definition) is 0. The minimum absolute atomic E-state index is 0.0720. The smallest absolute Gasteiger partial charge is 0.168 e. The highest BCUT2D eigenvalue weighted by Crippen LogP contribution is 2.39. The van der Waals surface area contributed by atoms with Crippen LogP contribution in [0.2, 0.25) is 10.0 Å². The number of aromatic nitrogens is 4. The van der Waals surface area contributed by atoms with Crippen LogP contribution in [0.15, 0.2) is 46.9 Å². The van der Waals surface area contributed by atoms with Gasteiger partial charge in [0.05, 0.1) is 10.7 Å². The third-order valence-corrected chi connectivity index (χ3v) is 7.42. The molecule has 32 heavy (non-hydrogen) atoms. The van der Waals surface area contributed by atoms with Gasteiger partial charge in [0.2, 0.25) is 0 Å². The summed E-state index contributed by atoms with van der Waals surface area (Å²) in [6.45, 7) is 8.59. The molecule has 0 amide bonds. The molecule has 0 aliphatic carbocycles. The molecule has 0 spiro atoms. The molecular formula is C24H23BrCl2N4S. The Morgan fingerprint density at radius 3 is 2.34 bits per heavy atom. The van der Waals surface area contributed by atoms with Gasteiger partial charge in [0.25, 0.3) is 0 Å². The highest BCUT2D eigenvalue weighted by molar-refractivity contribution is 9.10. The second kappa shape index (κ2) is 9.26. The Morgan fingerprint density at radius 1 is 1.03 bits per heavy atom. The topological polar surface area (TPSA) is 43.6 Å². The number of rotatable bonds is 5. The first kappa shape index (κ1) is 23.4. The van der Waals surface area contributed by atoms with Gasteiger partial charge >= 0.3 is 0 Å². The van der Waals surface area contributed by atoms with Gasteiger partial charge in [-0.1, -0.05) is 84.6 Å². The molecule has 0 aliphatic rings. The molecular weight excluding hydrogens is 527 g/mol. The number of imidazole rings is 1. The fourth-order valence-electron chi connectivity index (χ4n) is 3.43. The van der Waals surface area contributed by atoms with Gasteiger partial charge in [0.15, 0.2) is 5.01 Å². The van der Waals surface area contributed by atoms with Crippen molar-refractivity contribution in [3.8, 4) is 27.8 Å². The van der Waals surface area contributed by atoms with Crippen LogP contribution < -0.4 is 0 Å². The Bertz CT molecular complexity index is 1260. The summed E-state index contributed by atoms with van der Waals surface area (Å²) in [6, 6.07) is 13.7. The Kier molecular flexibility index (Phi) is 6.78. The highest BCUT2D eigenvalue weighted by atomic mass is 79.9. The van der Waals surface area contributed by atoms with Crippen molar-refractivity contribution < 1.29 is 0 Å². The van der Waals surface area contributed by atoms with E-state index in [-0.39, 0.29) is 5.41 Å². The summed E-state index contributed by atoms with van der Waals surface area (Å²) < 4.78 is 3.20. The van der Waals surface area contributed by atoms with Crippen molar-refractivity contribution >= 4 is 50.5 Å². The molecule has 166 valence electrons. The lowest BCUT2D eigenvalue weighted by atomic mass is 9.98. The van der Waals surface area contributed by atoms with E-state index in [1.165, 1.54) is 0 Å². The number of hydrogen-bond acceptors (Lipinski definition) is 4. The van der Waals surface area contributed by atoms with E-state index in [0.717, 1.165) is 55.8 Å². The Balaban J connectivity index is 2.01. The van der Waals surface area contributed by atoms with Gasteiger partial charge < -0.3 is 0 Å². The molecule has 8 heteroatoms. The van der Waals surface area contributed by atoms with Gasteiger partial charge in [-0.15, -0.1) is 10.2 Å². The van der Waals surface area contributed by atoms with E-state index >= 15 is 0 Å². The summed E-state index contributed by atoms with van der Waals surface area (Å²) in [5.41, 5.74) is 3.70. The fourth-order valence-corrected chi connectivity index (χ4v) is 5.10. The zero-order chi connectivity index (χ0) is 23.0. The van der Waals surface area contributed by atoms with E-state index in [2.05, 4.69) is 70.5 Å². The SMILES string of the molecule is CCCc1c(-c2nnc(C(C)(C)C)s2)nc(-c2ccc(Cl)cc2Cl)n1-c1ccc(Br)cc1. The summed E-state index contributed by atoms with van der Waals surface area (Å²) >= 11 is 17.9. The van der Waals surface area contributed by atoms with Gasteiger partial charge in [-0.3, -0.25) is 4.57 Å². The van der Waals surface area contributed by atoms with Crippen LogP contribution in [0.3, 0.4) is 0 Å². The zero-order valence-electron chi connectivity index (χ0n) is 18.3. The molecule has 2 aromatic heterocycles. The van der Waals surface area contributed by atoms with Crippen molar-refractivity contribution in [2.24, 2.45) is 0 Å². The van der Waals surface area contributed by atoms with Crippen LogP contribution >= 0.6 is 50.5 Å². The van der Waals surface area contributed by atoms with Crippen LogP contribution in [0.5, 0.6) is 0 Å². The second-order valence-corrected chi connectivity index (χ2v) is 11.3. The lowest BCUT2D eigenvalue weighted by Gasteiger charge is -2.13. The minimum Gasteiger partial charge on any atom is -0.296 e. The molecule has 4 aromatic rings. The zero-order valence-corrected chi connectivity index (χ0v) is 22.2. The van der Waals surface area contributed by atoms with Crippen molar-refractivity contribution in [1.29, 1.82) is 0 Å². The predicted molar refractivity (Wildman–Crippen MR) is 138 cm³/mol. The predicted octanol–water partition coefficient (Wildman–Crippen LogP) is 8.38. The first-order chi connectivity index (χ1) is 15.2. The Labute approximate surface area is 210 Å². The molecule has 4 nitrogen and oxygen atoms in total. The molecule has 0 bridgehead atoms. The van der Waals surface area contributed by atoms with Gasteiger partial charge in [0, 0.05) is 26.2 Å². The molecule has 0 saturated heterocycles. The second-order valence-electron chi connectivity index (χ2n) is 8.58. The maximum Gasteiger partial charge on any atom is 0.168 e. The molecule has 0 saturated carbocycles.